The van der Waals surface area contributed by atoms with Gasteiger partial charge in [0.2, 0.25) is 11.9 Å². The van der Waals surface area contributed by atoms with Gasteiger partial charge in [-0.15, -0.1) is 0 Å². The van der Waals surface area contributed by atoms with E-state index >= 15 is 0 Å². The molecule has 6 rings (SSSR count). The number of alkyl halides is 3. The quantitative estimate of drug-likeness (QED) is 0.390. The van der Waals surface area contributed by atoms with Crippen LogP contribution >= 0.6 is 0 Å². The second-order valence-corrected chi connectivity index (χ2v) is 11.4. The molecule has 0 saturated carbocycles. The zero-order chi connectivity index (χ0) is 31.2. The molecule has 3 aliphatic heterocycles. The lowest BCUT2D eigenvalue weighted by atomic mass is 10.1. The molecule has 3 aliphatic rings. The summed E-state index contributed by atoms with van der Waals surface area (Å²) in [7, 11) is 0. The number of benzene rings is 1. The Labute approximate surface area is 251 Å². The van der Waals surface area contributed by atoms with E-state index in [1.54, 1.807) is 4.90 Å². The van der Waals surface area contributed by atoms with Crippen molar-refractivity contribution in [2.75, 3.05) is 55.6 Å². The van der Waals surface area contributed by atoms with Gasteiger partial charge in [0, 0.05) is 38.8 Å². The van der Waals surface area contributed by atoms with Crippen molar-refractivity contribution in [1.29, 1.82) is 5.26 Å². The average Bonchev–Trinajstić information content (AvgIpc) is 3.50. The monoisotopic (exact) mass is 607 g/mol. The van der Waals surface area contributed by atoms with Crippen molar-refractivity contribution in [3.8, 4) is 11.8 Å². The summed E-state index contributed by atoms with van der Waals surface area (Å²) in [4.78, 5) is 43.8. The van der Waals surface area contributed by atoms with E-state index in [0.29, 0.717) is 44.0 Å². The van der Waals surface area contributed by atoms with Crippen LogP contribution in [-0.4, -0.2) is 93.4 Å². The number of nitriles is 1. The van der Waals surface area contributed by atoms with Crippen LogP contribution in [0.3, 0.4) is 0 Å². The van der Waals surface area contributed by atoms with Gasteiger partial charge in [-0.05, 0) is 50.6 Å². The zero-order valence-corrected chi connectivity index (χ0v) is 24.3. The van der Waals surface area contributed by atoms with Gasteiger partial charge in [-0.2, -0.15) is 33.2 Å². The standard InChI is InChI=1S/C30H32F3N9O2/c1-3-24(43)41-14-13-39(16-20(41)9-10-34)27-22-15-35-42(23-8-6-7-19(2)25(23)30(31,32)33)28(44)26(22)36-29(37-27)40-17-21(18-40)38-11-4-5-12-38/h3,6-8,15,20-21H,1,4-5,9,11-14,16-18H2,2H3/t20-/m0/s1. The van der Waals surface area contributed by atoms with Gasteiger partial charge in [0.15, 0.2) is 0 Å². The summed E-state index contributed by atoms with van der Waals surface area (Å²) in [5.74, 6) is 0.412. The summed E-state index contributed by atoms with van der Waals surface area (Å²) in [6, 6.07) is 6.03. The van der Waals surface area contributed by atoms with Gasteiger partial charge in [0.1, 0.15) is 11.3 Å². The van der Waals surface area contributed by atoms with E-state index < -0.39 is 23.3 Å². The van der Waals surface area contributed by atoms with E-state index in [1.165, 1.54) is 37.4 Å². The molecule has 3 fully saturated rings. The number of hydrogen-bond acceptors (Lipinski definition) is 9. The number of aromatic nitrogens is 4. The third-order valence-electron chi connectivity index (χ3n) is 8.74. The fourth-order valence-corrected chi connectivity index (χ4v) is 6.44. The van der Waals surface area contributed by atoms with E-state index in [2.05, 4.69) is 27.6 Å². The Morgan fingerprint density at radius 2 is 1.86 bits per heavy atom. The summed E-state index contributed by atoms with van der Waals surface area (Å²) in [5, 5.41) is 13.9. The van der Waals surface area contributed by atoms with Crippen LogP contribution in [0, 0.1) is 18.3 Å². The molecule has 1 aromatic carbocycles. The van der Waals surface area contributed by atoms with Crippen molar-refractivity contribution < 1.29 is 18.0 Å². The maximum Gasteiger partial charge on any atom is 0.418 e. The molecule has 0 radical (unpaired) electrons. The largest absolute Gasteiger partial charge is 0.418 e. The maximum absolute atomic E-state index is 14.1. The molecule has 0 unspecified atom stereocenters. The molecule has 0 aliphatic carbocycles. The minimum Gasteiger partial charge on any atom is -0.352 e. The summed E-state index contributed by atoms with van der Waals surface area (Å²) in [6.45, 7) is 9.20. The second-order valence-electron chi connectivity index (χ2n) is 11.4. The number of amides is 1. The second kappa shape index (κ2) is 11.5. The number of piperazine rings is 1. The first kappa shape index (κ1) is 29.6. The van der Waals surface area contributed by atoms with E-state index in [0.717, 1.165) is 30.6 Å². The van der Waals surface area contributed by atoms with Gasteiger partial charge in [-0.3, -0.25) is 14.5 Å². The Morgan fingerprint density at radius 1 is 1.11 bits per heavy atom. The molecule has 2 aromatic heterocycles. The highest BCUT2D eigenvalue weighted by atomic mass is 19.4. The van der Waals surface area contributed by atoms with Crippen molar-refractivity contribution in [3.63, 3.8) is 0 Å². The minimum atomic E-state index is -4.71. The van der Waals surface area contributed by atoms with Crippen LogP contribution in [0.15, 0.2) is 41.8 Å². The fraction of sp³-hybridized carbons (Fsp3) is 0.467. The first-order valence-corrected chi connectivity index (χ1v) is 14.6. The number of likely N-dealkylation sites (tertiary alicyclic amines) is 1. The first-order valence-electron chi connectivity index (χ1n) is 14.6. The Bertz CT molecular complexity index is 1700. The van der Waals surface area contributed by atoms with Crippen LogP contribution < -0.4 is 15.4 Å². The van der Waals surface area contributed by atoms with Crippen LogP contribution in [-0.2, 0) is 11.0 Å². The van der Waals surface area contributed by atoms with Crippen molar-refractivity contribution in [2.45, 2.75) is 44.4 Å². The molecule has 3 saturated heterocycles. The molecule has 0 spiro atoms. The smallest absolute Gasteiger partial charge is 0.352 e. The summed E-state index contributed by atoms with van der Waals surface area (Å²) in [6.07, 6.45) is 0.215. The Morgan fingerprint density at radius 3 is 2.55 bits per heavy atom. The van der Waals surface area contributed by atoms with Crippen molar-refractivity contribution in [2.24, 2.45) is 0 Å². The molecule has 0 bridgehead atoms. The van der Waals surface area contributed by atoms with Crippen LogP contribution in [0.4, 0.5) is 24.9 Å². The van der Waals surface area contributed by atoms with Gasteiger partial charge in [0.25, 0.3) is 5.56 Å². The molecule has 1 amide bonds. The number of rotatable bonds is 6. The van der Waals surface area contributed by atoms with Crippen molar-refractivity contribution >= 4 is 28.6 Å². The fourth-order valence-electron chi connectivity index (χ4n) is 6.44. The predicted molar refractivity (Wildman–Crippen MR) is 158 cm³/mol. The Kier molecular flexibility index (Phi) is 7.75. The van der Waals surface area contributed by atoms with Crippen LogP contribution in [0.2, 0.25) is 0 Å². The number of halogens is 3. The molecule has 0 N–H and O–H groups in total. The number of nitrogens with zero attached hydrogens (tertiary/aromatic N) is 9. The van der Waals surface area contributed by atoms with Crippen LogP contribution in [0.1, 0.15) is 30.4 Å². The molecule has 230 valence electrons. The highest BCUT2D eigenvalue weighted by molar-refractivity contribution is 5.90. The highest BCUT2D eigenvalue weighted by Crippen LogP contribution is 2.36. The summed E-state index contributed by atoms with van der Waals surface area (Å²) in [5.41, 5.74) is -2.21. The van der Waals surface area contributed by atoms with E-state index in [4.69, 9.17) is 4.98 Å². The molecule has 1 atom stereocenters. The lowest BCUT2D eigenvalue weighted by Gasteiger charge is -2.44. The number of carbonyl (C=O) groups is 1. The van der Waals surface area contributed by atoms with Gasteiger partial charge in [0.05, 0.1) is 41.4 Å². The number of anilines is 2. The van der Waals surface area contributed by atoms with Gasteiger partial charge < -0.3 is 14.7 Å². The van der Waals surface area contributed by atoms with Gasteiger partial charge in [-0.25, -0.2) is 4.98 Å². The first-order chi connectivity index (χ1) is 21.1. The molecule has 14 heteroatoms. The molecular weight excluding hydrogens is 575 g/mol. The third kappa shape index (κ3) is 5.25. The van der Waals surface area contributed by atoms with E-state index in [1.807, 2.05) is 9.80 Å². The molecular formula is C30H32F3N9O2. The molecule has 11 nitrogen and oxygen atoms in total. The molecule has 3 aromatic rings. The third-order valence-corrected chi connectivity index (χ3v) is 8.74. The lowest BCUT2D eigenvalue weighted by molar-refractivity contribution is -0.138. The zero-order valence-electron chi connectivity index (χ0n) is 24.3. The number of hydrogen-bond donors (Lipinski definition) is 0. The van der Waals surface area contributed by atoms with Crippen LogP contribution in [0.25, 0.3) is 16.6 Å². The van der Waals surface area contributed by atoms with Gasteiger partial charge in [-0.1, -0.05) is 18.7 Å². The Balaban J connectivity index is 1.45. The average molecular weight is 608 g/mol. The van der Waals surface area contributed by atoms with E-state index in [9.17, 15) is 28.0 Å². The number of fused-ring (bicyclic) bond motifs is 1. The topological polar surface area (TPSA) is 114 Å². The van der Waals surface area contributed by atoms with E-state index in [-0.39, 0.29) is 41.0 Å². The summed E-state index contributed by atoms with van der Waals surface area (Å²) < 4.78 is 43.1. The molecule has 44 heavy (non-hydrogen) atoms. The number of aryl methyl sites for hydroxylation is 1. The highest BCUT2D eigenvalue weighted by Gasteiger charge is 2.38. The lowest BCUT2D eigenvalue weighted by Crippen LogP contribution is -2.59. The van der Waals surface area contributed by atoms with Crippen LogP contribution in [0.5, 0.6) is 0 Å². The van der Waals surface area contributed by atoms with Crippen molar-refractivity contribution in [3.05, 3.63) is 58.5 Å². The van der Waals surface area contributed by atoms with Gasteiger partial charge >= 0.3 is 6.18 Å². The SMILES string of the molecule is C=CC(=O)N1CCN(c2nc(N3CC(N4CCCC4)C3)nc3c(=O)n(-c4cccc(C)c4C(F)(F)F)ncc23)C[C@@H]1CC#N. The minimum absolute atomic E-state index is 0.0307. The van der Waals surface area contributed by atoms with Crippen molar-refractivity contribution in [1.82, 2.24) is 29.5 Å². The normalized spacial score (nSPS) is 19.7. The summed E-state index contributed by atoms with van der Waals surface area (Å²) >= 11 is 0. The number of carbonyl (C=O) groups excluding carboxylic acids is 1. The Hall–Kier alpha value is -4.51. The predicted octanol–water partition coefficient (Wildman–Crippen LogP) is 2.90. The maximum atomic E-state index is 14.1. The molecule has 5 heterocycles.